The quantitative estimate of drug-likeness (QED) is 0.867. The lowest BCUT2D eigenvalue weighted by Gasteiger charge is -2.27. The molecular formula is C19H28N2O3. The van der Waals surface area contributed by atoms with Crippen molar-refractivity contribution >= 4 is 12.0 Å². The van der Waals surface area contributed by atoms with Gasteiger partial charge in [-0.25, -0.2) is 4.79 Å². The summed E-state index contributed by atoms with van der Waals surface area (Å²) in [7, 11) is 0. The SMILES string of the molecule is C[C@H](NC(=O)CN(CC1CC1)C(=O)OC(C)(C)C)c1ccccc1. The third-order valence-corrected chi connectivity index (χ3v) is 3.84. The lowest BCUT2D eigenvalue weighted by Crippen LogP contribution is -2.44. The third-order valence-electron chi connectivity index (χ3n) is 3.84. The summed E-state index contributed by atoms with van der Waals surface area (Å²) in [6.45, 7) is 8.05. The molecule has 2 rings (SSSR count). The first-order valence-electron chi connectivity index (χ1n) is 8.57. The van der Waals surface area contributed by atoms with Gasteiger partial charge >= 0.3 is 6.09 Å². The molecule has 0 aliphatic heterocycles. The fourth-order valence-corrected chi connectivity index (χ4v) is 2.43. The largest absolute Gasteiger partial charge is 0.444 e. The number of hydrogen-bond acceptors (Lipinski definition) is 3. The molecule has 1 aromatic rings. The van der Waals surface area contributed by atoms with Crippen LogP contribution in [0.1, 0.15) is 52.1 Å². The molecule has 0 unspecified atom stereocenters. The van der Waals surface area contributed by atoms with E-state index in [1.165, 1.54) is 4.90 Å². The van der Waals surface area contributed by atoms with Crippen molar-refractivity contribution in [3.8, 4) is 0 Å². The summed E-state index contributed by atoms with van der Waals surface area (Å²) in [4.78, 5) is 26.2. The van der Waals surface area contributed by atoms with Crippen LogP contribution in [0.25, 0.3) is 0 Å². The highest BCUT2D eigenvalue weighted by Crippen LogP contribution is 2.30. The van der Waals surface area contributed by atoms with Gasteiger partial charge in [0.1, 0.15) is 12.1 Å². The van der Waals surface area contributed by atoms with Crippen molar-refractivity contribution in [1.82, 2.24) is 10.2 Å². The Morgan fingerprint density at radius 1 is 1.25 bits per heavy atom. The van der Waals surface area contributed by atoms with Gasteiger partial charge in [-0.1, -0.05) is 30.3 Å². The van der Waals surface area contributed by atoms with Crippen LogP contribution < -0.4 is 5.32 Å². The van der Waals surface area contributed by atoms with Gasteiger partial charge in [-0.15, -0.1) is 0 Å². The first kappa shape index (κ1) is 18.3. The number of rotatable bonds is 6. The van der Waals surface area contributed by atoms with Crippen LogP contribution in [-0.2, 0) is 9.53 Å². The summed E-state index contributed by atoms with van der Waals surface area (Å²) in [6, 6.07) is 9.68. The van der Waals surface area contributed by atoms with Gasteiger partial charge in [0.15, 0.2) is 0 Å². The maximum Gasteiger partial charge on any atom is 0.410 e. The van der Waals surface area contributed by atoms with E-state index in [1.54, 1.807) is 0 Å². The number of amides is 2. The Morgan fingerprint density at radius 2 is 1.88 bits per heavy atom. The van der Waals surface area contributed by atoms with Gasteiger partial charge in [0, 0.05) is 6.54 Å². The Kier molecular flexibility index (Phi) is 5.86. The number of carbonyl (C=O) groups is 2. The molecule has 1 aromatic carbocycles. The highest BCUT2D eigenvalue weighted by atomic mass is 16.6. The standard InChI is InChI=1S/C19H28N2O3/c1-14(16-8-6-5-7-9-16)20-17(22)13-21(12-15-10-11-15)18(23)24-19(2,3)4/h5-9,14-15H,10-13H2,1-4H3,(H,20,22)/t14-/m0/s1. The van der Waals surface area contributed by atoms with Crippen LogP contribution in [0.15, 0.2) is 30.3 Å². The van der Waals surface area contributed by atoms with E-state index < -0.39 is 11.7 Å². The molecule has 0 aromatic heterocycles. The summed E-state index contributed by atoms with van der Waals surface area (Å²) < 4.78 is 5.43. The molecule has 1 atom stereocenters. The normalized spacial score (nSPS) is 15.5. The molecule has 1 aliphatic rings. The molecule has 1 aliphatic carbocycles. The minimum Gasteiger partial charge on any atom is -0.444 e. The monoisotopic (exact) mass is 332 g/mol. The van der Waals surface area contributed by atoms with Crippen molar-refractivity contribution in [3.05, 3.63) is 35.9 Å². The van der Waals surface area contributed by atoms with Crippen molar-refractivity contribution in [2.45, 2.75) is 52.2 Å². The maximum atomic E-state index is 12.3. The van der Waals surface area contributed by atoms with Crippen LogP contribution in [0.2, 0.25) is 0 Å². The van der Waals surface area contributed by atoms with Crippen LogP contribution >= 0.6 is 0 Å². The summed E-state index contributed by atoms with van der Waals surface area (Å²) in [5, 5.41) is 2.95. The summed E-state index contributed by atoms with van der Waals surface area (Å²) in [5.74, 6) is 0.328. The van der Waals surface area contributed by atoms with Crippen molar-refractivity contribution in [2.24, 2.45) is 5.92 Å². The molecular weight excluding hydrogens is 304 g/mol. The van der Waals surface area contributed by atoms with E-state index in [0.717, 1.165) is 18.4 Å². The third kappa shape index (κ3) is 6.22. The highest BCUT2D eigenvalue weighted by molar-refractivity contribution is 5.82. The van der Waals surface area contributed by atoms with Crippen LogP contribution in [0, 0.1) is 5.92 Å². The average molecular weight is 332 g/mol. The number of ether oxygens (including phenoxy) is 1. The van der Waals surface area contributed by atoms with Crippen LogP contribution in [0.5, 0.6) is 0 Å². The molecule has 0 bridgehead atoms. The smallest absolute Gasteiger partial charge is 0.410 e. The molecule has 5 nitrogen and oxygen atoms in total. The topological polar surface area (TPSA) is 58.6 Å². The van der Waals surface area contributed by atoms with E-state index in [9.17, 15) is 9.59 Å². The summed E-state index contributed by atoms with van der Waals surface area (Å²) in [5.41, 5.74) is 0.476. The van der Waals surface area contributed by atoms with Crippen molar-refractivity contribution < 1.29 is 14.3 Å². The fraction of sp³-hybridized carbons (Fsp3) is 0.579. The maximum absolute atomic E-state index is 12.3. The van der Waals surface area contributed by atoms with Gasteiger partial charge in [-0.2, -0.15) is 0 Å². The second kappa shape index (κ2) is 7.69. The molecule has 1 saturated carbocycles. The Labute approximate surface area is 144 Å². The molecule has 0 saturated heterocycles. The van der Waals surface area contributed by atoms with Crippen LogP contribution in [0.4, 0.5) is 4.79 Å². The van der Waals surface area contributed by atoms with Gasteiger partial charge in [-0.05, 0) is 52.0 Å². The Morgan fingerprint density at radius 3 is 2.42 bits per heavy atom. The van der Waals surface area contributed by atoms with E-state index in [1.807, 2.05) is 58.0 Å². The van der Waals surface area contributed by atoms with Crippen molar-refractivity contribution in [1.29, 1.82) is 0 Å². The molecule has 0 radical (unpaired) electrons. The fourth-order valence-electron chi connectivity index (χ4n) is 2.43. The van der Waals surface area contributed by atoms with Crippen molar-refractivity contribution in [3.63, 3.8) is 0 Å². The molecule has 24 heavy (non-hydrogen) atoms. The van der Waals surface area contributed by atoms with Crippen molar-refractivity contribution in [2.75, 3.05) is 13.1 Å². The predicted molar refractivity (Wildman–Crippen MR) is 93.5 cm³/mol. The number of hydrogen-bond donors (Lipinski definition) is 1. The van der Waals surface area contributed by atoms with Crippen LogP contribution in [0.3, 0.4) is 0 Å². The zero-order valence-electron chi connectivity index (χ0n) is 15.0. The first-order chi connectivity index (χ1) is 11.2. The van der Waals surface area contributed by atoms with Gasteiger partial charge in [0.25, 0.3) is 0 Å². The Hall–Kier alpha value is -2.04. The number of nitrogens with zero attached hydrogens (tertiary/aromatic N) is 1. The zero-order chi connectivity index (χ0) is 17.7. The first-order valence-corrected chi connectivity index (χ1v) is 8.57. The average Bonchev–Trinajstić information content (AvgIpc) is 3.29. The number of benzene rings is 1. The molecule has 0 heterocycles. The second-order valence-corrected chi connectivity index (χ2v) is 7.50. The second-order valence-electron chi connectivity index (χ2n) is 7.50. The summed E-state index contributed by atoms with van der Waals surface area (Å²) >= 11 is 0. The number of nitrogens with one attached hydrogen (secondary N) is 1. The van der Waals surface area contributed by atoms with Gasteiger partial charge < -0.3 is 10.1 Å². The lowest BCUT2D eigenvalue weighted by atomic mass is 10.1. The zero-order valence-corrected chi connectivity index (χ0v) is 15.0. The Balaban J connectivity index is 1.92. The molecule has 0 spiro atoms. The van der Waals surface area contributed by atoms with E-state index in [0.29, 0.717) is 12.5 Å². The van der Waals surface area contributed by atoms with Gasteiger partial charge in [0.2, 0.25) is 5.91 Å². The minimum absolute atomic E-state index is 0.0303. The molecule has 132 valence electrons. The minimum atomic E-state index is -0.563. The Bertz CT molecular complexity index is 562. The molecule has 5 heteroatoms. The van der Waals surface area contributed by atoms with Gasteiger partial charge in [0.05, 0.1) is 6.04 Å². The predicted octanol–water partition coefficient (Wildman–Crippen LogP) is 3.51. The van der Waals surface area contributed by atoms with Gasteiger partial charge in [-0.3, -0.25) is 9.69 Å². The van der Waals surface area contributed by atoms with E-state index in [-0.39, 0.29) is 18.5 Å². The molecule has 1 fully saturated rings. The lowest BCUT2D eigenvalue weighted by molar-refractivity contribution is -0.123. The van der Waals surface area contributed by atoms with E-state index >= 15 is 0 Å². The summed E-state index contributed by atoms with van der Waals surface area (Å²) in [6.07, 6.45) is 1.81. The van der Waals surface area contributed by atoms with E-state index in [4.69, 9.17) is 4.74 Å². The van der Waals surface area contributed by atoms with Crippen LogP contribution in [-0.4, -0.2) is 35.6 Å². The number of carbonyl (C=O) groups excluding carboxylic acids is 2. The highest BCUT2D eigenvalue weighted by Gasteiger charge is 2.30. The van der Waals surface area contributed by atoms with E-state index in [2.05, 4.69) is 5.32 Å². The molecule has 2 amide bonds. The molecule has 1 N–H and O–H groups in total.